The Kier molecular flexibility index (Phi) is 4.58. The Bertz CT molecular complexity index is 504. The van der Waals surface area contributed by atoms with E-state index in [2.05, 4.69) is 25.6 Å². The van der Waals surface area contributed by atoms with E-state index in [-0.39, 0.29) is 19.0 Å². The molecule has 3 N–H and O–H groups in total. The number of nitrogens with zero attached hydrogens (tertiary/aromatic N) is 2. The SMILES string of the molecule is Cc1cc(=O)nc(NC(=O)NCCN=C=O)[nH]1. The van der Waals surface area contributed by atoms with E-state index in [9.17, 15) is 14.4 Å². The van der Waals surface area contributed by atoms with Crippen molar-refractivity contribution >= 4 is 18.1 Å². The Morgan fingerprint density at radius 3 is 3.06 bits per heavy atom. The number of rotatable bonds is 4. The maximum absolute atomic E-state index is 11.3. The summed E-state index contributed by atoms with van der Waals surface area (Å²) in [5.74, 6) is 0.0615. The van der Waals surface area contributed by atoms with Crippen molar-refractivity contribution in [3.8, 4) is 0 Å². The lowest BCUT2D eigenvalue weighted by atomic mass is 10.4. The van der Waals surface area contributed by atoms with Gasteiger partial charge in [0.25, 0.3) is 5.56 Å². The molecule has 8 nitrogen and oxygen atoms in total. The first-order valence-electron chi connectivity index (χ1n) is 4.78. The Morgan fingerprint density at radius 1 is 1.65 bits per heavy atom. The number of amides is 2. The third-order valence-electron chi connectivity index (χ3n) is 1.68. The zero-order chi connectivity index (χ0) is 12.7. The first-order valence-corrected chi connectivity index (χ1v) is 4.78. The molecule has 0 aliphatic carbocycles. The van der Waals surface area contributed by atoms with Crippen LogP contribution in [0.4, 0.5) is 10.7 Å². The van der Waals surface area contributed by atoms with Crippen molar-refractivity contribution in [2.45, 2.75) is 6.92 Å². The van der Waals surface area contributed by atoms with E-state index in [1.807, 2.05) is 0 Å². The quantitative estimate of drug-likeness (QED) is 0.373. The molecular formula is C9H11N5O3. The average molecular weight is 237 g/mol. The van der Waals surface area contributed by atoms with E-state index in [0.717, 1.165) is 0 Å². The number of urea groups is 1. The van der Waals surface area contributed by atoms with Crippen LogP contribution in [0.1, 0.15) is 5.69 Å². The number of carbonyl (C=O) groups excluding carboxylic acids is 2. The van der Waals surface area contributed by atoms with E-state index in [4.69, 9.17) is 0 Å². The lowest BCUT2D eigenvalue weighted by Gasteiger charge is -2.05. The third-order valence-corrected chi connectivity index (χ3v) is 1.68. The maximum Gasteiger partial charge on any atom is 0.321 e. The minimum atomic E-state index is -0.542. The Balaban J connectivity index is 2.50. The van der Waals surface area contributed by atoms with Gasteiger partial charge in [-0.25, -0.2) is 14.6 Å². The van der Waals surface area contributed by atoms with Crippen LogP contribution in [0.3, 0.4) is 0 Å². The van der Waals surface area contributed by atoms with Crippen LogP contribution < -0.4 is 16.2 Å². The summed E-state index contributed by atoms with van der Waals surface area (Å²) in [6.07, 6.45) is 1.35. The largest absolute Gasteiger partial charge is 0.336 e. The van der Waals surface area contributed by atoms with Crippen LogP contribution in [0.25, 0.3) is 0 Å². The molecule has 0 radical (unpaired) electrons. The Morgan fingerprint density at radius 2 is 2.41 bits per heavy atom. The smallest absolute Gasteiger partial charge is 0.321 e. The van der Waals surface area contributed by atoms with Crippen LogP contribution in [0.5, 0.6) is 0 Å². The molecule has 0 fully saturated rings. The molecule has 2 amide bonds. The summed E-state index contributed by atoms with van der Waals surface area (Å²) in [5.41, 5.74) is 0.146. The van der Waals surface area contributed by atoms with Crippen molar-refractivity contribution in [3.63, 3.8) is 0 Å². The Hall–Kier alpha value is -2.47. The Labute approximate surface area is 96.2 Å². The number of carbonyl (C=O) groups is 1. The van der Waals surface area contributed by atoms with Gasteiger partial charge >= 0.3 is 6.03 Å². The lowest BCUT2D eigenvalue weighted by Crippen LogP contribution is -2.32. The van der Waals surface area contributed by atoms with E-state index in [1.165, 1.54) is 12.1 Å². The molecule has 17 heavy (non-hydrogen) atoms. The summed E-state index contributed by atoms with van der Waals surface area (Å²) in [7, 11) is 0. The van der Waals surface area contributed by atoms with E-state index < -0.39 is 11.6 Å². The highest BCUT2D eigenvalue weighted by Crippen LogP contribution is 1.94. The molecule has 8 heteroatoms. The summed E-state index contributed by atoms with van der Waals surface area (Å²) < 4.78 is 0. The number of aromatic amines is 1. The summed E-state index contributed by atoms with van der Waals surface area (Å²) >= 11 is 0. The first-order chi connectivity index (χ1) is 8.11. The number of hydrogen-bond donors (Lipinski definition) is 3. The first kappa shape index (κ1) is 12.6. The van der Waals surface area contributed by atoms with Crippen molar-refractivity contribution in [2.24, 2.45) is 4.99 Å². The number of aromatic nitrogens is 2. The van der Waals surface area contributed by atoms with Crippen molar-refractivity contribution in [3.05, 3.63) is 22.1 Å². The molecule has 0 atom stereocenters. The molecule has 0 unspecified atom stereocenters. The molecule has 1 aromatic heterocycles. The molecule has 0 aliphatic rings. The normalized spacial score (nSPS) is 9.24. The number of anilines is 1. The summed E-state index contributed by atoms with van der Waals surface area (Å²) in [5, 5.41) is 4.76. The maximum atomic E-state index is 11.3. The van der Waals surface area contributed by atoms with Gasteiger partial charge in [0.15, 0.2) is 0 Å². The molecular weight excluding hydrogens is 226 g/mol. The van der Waals surface area contributed by atoms with Gasteiger partial charge in [0.2, 0.25) is 12.0 Å². The van der Waals surface area contributed by atoms with Gasteiger partial charge in [-0.15, -0.1) is 0 Å². The molecule has 90 valence electrons. The van der Waals surface area contributed by atoms with Gasteiger partial charge in [-0.3, -0.25) is 10.1 Å². The standard InChI is InChI=1S/C9H11N5O3/c1-6-4-7(16)13-8(12-6)14-9(17)11-3-2-10-5-15/h4H,2-3H2,1H3,(H3,11,12,13,14,16,17). The number of isocyanates is 1. The van der Waals surface area contributed by atoms with Crippen LogP contribution >= 0.6 is 0 Å². The highest BCUT2D eigenvalue weighted by atomic mass is 16.2. The zero-order valence-electron chi connectivity index (χ0n) is 9.11. The van der Waals surface area contributed by atoms with Gasteiger partial charge in [-0.2, -0.15) is 4.98 Å². The van der Waals surface area contributed by atoms with Crippen LogP contribution in [0, 0.1) is 6.92 Å². The topological polar surface area (TPSA) is 116 Å². The minimum absolute atomic E-state index is 0.0615. The molecule has 0 saturated carbocycles. The number of hydrogen-bond acceptors (Lipinski definition) is 5. The highest BCUT2D eigenvalue weighted by Gasteiger charge is 2.03. The van der Waals surface area contributed by atoms with Crippen molar-refractivity contribution in [1.29, 1.82) is 0 Å². The van der Waals surface area contributed by atoms with Crippen LogP contribution in [0.2, 0.25) is 0 Å². The van der Waals surface area contributed by atoms with Crippen molar-refractivity contribution in [1.82, 2.24) is 15.3 Å². The van der Waals surface area contributed by atoms with Gasteiger partial charge < -0.3 is 10.3 Å². The van der Waals surface area contributed by atoms with Crippen molar-refractivity contribution in [2.75, 3.05) is 18.4 Å². The monoisotopic (exact) mass is 237 g/mol. The summed E-state index contributed by atoms with van der Waals surface area (Å²) in [4.78, 5) is 41.6. The van der Waals surface area contributed by atoms with Crippen LogP contribution in [0.15, 0.2) is 15.9 Å². The van der Waals surface area contributed by atoms with E-state index in [1.54, 1.807) is 6.92 Å². The zero-order valence-corrected chi connectivity index (χ0v) is 9.11. The molecule has 0 saturated heterocycles. The highest BCUT2D eigenvalue weighted by molar-refractivity contribution is 5.87. The van der Waals surface area contributed by atoms with E-state index in [0.29, 0.717) is 5.69 Å². The molecule has 0 aliphatic heterocycles. The molecule has 0 spiro atoms. The average Bonchev–Trinajstić information content (AvgIpc) is 2.23. The minimum Gasteiger partial charge on any atom is -0.336 e. The van der Waals surface area contributed by atoms with Crippen molar-refractivity contribution < 1.29 is 9.59 Å². The number of aliphatic imine (C=N–C) groups is 1. The van der Waals surface area contributed by atoms with Gasteiger partial charge in [0.05, 0.1) is 6.54 Å². The van der Waals surface area contributed by atoms with Crippen LogP contribution in [-0.2, 0) is 4.79 Å². The van der Waals surface area contributed by atoms with Gasteiger partial charge in [0.1, 0.15) is 0 Å². The molecule has 1 aromatic rings. The molecule has 0 bridgehead atoms. The van der Waals surface area contributed by atoms with Gasteiger partial charge in [0, 0.05) is 18.3 Å². The second-order valence-electron chi connectivity index (χ2n) is 3.10. The molecule has 0 aromatic carbocycles. The number of nitrogens with one attached hydrogen (secondary N) is 3. The fourth-order valence-electron chi connectivity index (χ4n) is 1.06. The second-order valence-corrected chi connectivity index (χ2v) is 3.10. The molecule has 1 rings (SSSR count). The predicted octanol–water partition coefficient (Wildman–Crippen LogP) is -0.464. The fraction of sp³-hybridized carbons (Fsp3) is 0.333. The van der Waals surface area contributed by atoms with Gasteiger partial charge in [-0.05, 0) is 6.92 Å². The molecule has 1 heterocycles. The third kappa shape index (κ3) is 4.72. The second kappa shape index (κ2) is 6.19. The number of aryl methyl sites for hydroxylation is 1. The fourth-order valence-corrected chi connectivity index (χ4v) is 1.06. The van der Waals surface area contributed by atoms with E-state index >= 15 is 0 Å². The predicted molar refractivity (Wildman–Crippen MR) is 59.6 cm³/mol. The van der Waals surface area contributed by atoms with Crippen LogP contribution in [-0.4, -0.2) is 35.2 Å². The lowest BCUT2D eigenvalue weighted by molar-refractivity contribution is 0.252. The van der Waals surface area contributed by atoms with Gasteiger partial charge in [-0.1, -0.05) is 0 Å². The summed E-state index contributed by atoms with van der Waals surface area (Å²) in [6.45, 7) is 2.01. The number of H-pyrrole nitrogens is 1. The summed E-state index contributed by atoms with van der Waals surface area (Å²) in [6, 6.07) is 0.766.